The quantitative estimate of drug-likeness (QED) is 0.849. The number of hydrogen-bond acceptors (Lipinski definition) is 6. The van der Waals surface area contributed by atoms with Crippen molar-refractivity contribution < 1.29 is 9.53 Å². The Bertz CT molecular complexity index is 977. The van der Waals surface area contributed by atoms with E-state index < -0.39 is 17.4 Å². The number of ether oxygens (including phenoxy) is 1. The zero-order valence-corrected chi connectivity index (χ0v) is 16.1. The van der Waals surface area contributed by atoms with Crippen LogP contribution in [-0.4, -0.2) is 30.7 Å². The van der Waals surface area contributed by atoms with Crippen molar-refractivity contribution in [2.24, 2.45) is 23.0 Å². The van der Waals surface area contributed by atoms with Gasteiger partial charge in [-0.2, -0.15) is 15.8 Å². The van der Waals surface area contributed by atoms with Crippen LogP contribution in [0.5, 0.6) is 0 Å². The lowest BCUT2D eigenvalue weighted by molar-refractivity contribution is 0.0939. The minimum Gasteiger partial charge on any atom is -0.450 e. The van der Waals surface area contributed by atoms with Crippen molar-refractivity contribution in [2.75, 3.05) is 19.7 Å². The fraction of sp³-hybridized carbons (Fsp3) is 0.364. The molecule has 0 aromatic heterocycles. The lowest BCUT2D eigenvalue weighted by atomic mass is 9.58. The van der Waals surface area contributed by atoms with Gasteiger partial charge in [-0.3, -0.25) is 0 Å². The van der Waals surface area contributed by atoms with Crippen LogP contribution >= 0.6 is 0 Å². The molecule has 2 atom stereocenters. The number of nitrogens with two attached hydrogens (primary N) is 1. The van der Waals surface area contributed by atoms with E-state index in [0.29, 0.717) is 12.0 Å². The van der Waals surface area contributed by atoms with E-state index in [1.165, 1.54) is 4.90 Å². The van der Waals surface area contributed by atoms with Gasteiger partial charge >= 0.3 is 6.09 Å². The summed E-state index contributed by atoms with van der Waals surface area (Å²) in [6, 6.07) is 15.8. The van der Waals surface area contributed by atoms with Gasteiger partial charge in [0, 0.05) is 24.9 Å². The highest BCUT2D eigenvalue weighted by atomic mass is 16.6. The van der Waals surface area contributed by atoms with Gasteiger partial charge in [-0.05, 0) is 24.5 Å². The summed E-state index contributed by atoms with van der Waals surface area (Å²) in [5.74, 6) is -0.893. The third kappa shape index (κ3) is 3.30. The molecular formula is C22H21N5O2. The molecule has 1 amide bonds. The normalized spacial score (nSPS) is 22.4. The summed E-state index contributed by atoms with van der Waals surface area (Å²) in [5, 5.41) is 29.7. The molecule has 7 nitrogen and oxygen atoms in total. The Morgan fingerprint density at radius 1 is 1.28 bits per heavy atom. The summed E-state index contributed by atoms with van der Waals surface area (Å²) >= 11 is 0. The molecule has 2 N–H and O–H groups in total. The van der Waals surface area contributed by atoms with Crippen molar-refractivity contribution in [1.82, 2.24) is 4.90 Å². The monoisotopic (exact) mass is 387 g/mol. The Balaban J connectivity index is 2.13. The number of benzene rings is 1. The van der Waals surface area contributed by atoms with E-state index in [0.717, 1.165) is 5.56 Å². The standard InChI is InChI=1S/C22H21N5O2/c1-2-29-21(28)27-9-8-16-17(11-23)20(26)22(13-24,14-25)19(18(16)12-27)10-15-6-4-3-5-7-15/h3-8,18-19H,2,9-10,12,26H2,1H3. The second-order valence-electron chi connectivity index (χ2n) is 7.10. The first-order valence-corrected chi connectivity index (χ1v) is 9.41. The maximum atomic E-state index is 12.3. The van der Waals surface area contributed by atoms with Crippen LogP contribution in [0.4, 0.5) is 4.79 Å². The molecule has 2 aliphatic rings. The van der Waals surface area contributed by atoms with Crippen LogP contribution in [0.3, 0.4) is 0 Å². The number of fused-ring (bicyclic) bond motifs is 1. The van der Waals surface area contributed by atoms with Crippen molar-refractivity contribution in [3.8, 4) is 18.2 Å². The SMILES string of the molecule is CCOC(=O)N1CC=C2C(C#N)=C(N)C(C#N)(C#N)C(Cc3ccccc3)C2C1. The van der Waals surface area contributed by atoms with Crippen LogP contribution in [0.2, 0.25) is 0 Å². The maximum absolute atomic E-state index is 12.3. The zero-order chi connectivity index (χ0) is 21.0. The maximum Gasteiger partial charge on any atom is 0.410 e. The van der Waals surface area contributed by atoms with E-state index >= 15 is 0 Å². The van der Waals surface area contributed by atoms with Gasteiger partial charge in [0.2, 0.25) is 0 Å². The second kappa shape index (κ2) is 8.09. The Hall–Kier alpha value is -3.76. The van der Waals surface area contributed by atoms with E-state index in [2.05, 4.69) is 18.2 Å². The predicted molar refractivity (Wildman–Crippen MR) is 104 cm³/mol. The average molecular weight is 387 g/mol. The molecule has 0 saturated carbocycles. The third-order valence-corrected chi connectivity index (χ3v) is 5.66. The molecule has 7 heteroatoms. The Morgan fingerprint density at radius 2 is 1.97 bits per heavy atom. The van der Waals surface area contributed by atoms with Gasteiger partial charge < -0.3 is 15.4 Å². The van der Waals surface area contributed by atoms with Crippen LogP contribution in [0.1, 0.15) is 12.5 Å². The summed E-state index contributed by atoms with van der Waals surface area (Å²) in [4.78, 5) is 13.8. The van der Waals surface area contributed by atoms with Gasteiger partial charge in [0.05, 0.1) is 30.0 Å². The molecule has 0 fully saturated rings. The first-order chi connectivity index (χ1) is 14.0. The molecule has 3 rings (SSSR count). The van der Waals surface area contributed by atoms with Crippen molar-refractivity contribution in [1.29, 1.82) is 15.8 Å². The summed E-state index contributed by atoms with van der Waals surface area (Å²) < 4.78 is 5.12. The van der Waals surface area contributed by atoms with Gasteiger partial charge in [-0.1, -0.05) is 36.4 Å². The number of hydrogen-bond donors (Lipinski definition) is 1. The van der Waals surface area contributed by atoms with Crippen molar-refractivity contribution in [2.45, 2.75) is 13.3 Å². The molecule has 0 bridgehead atoms. The van der Waals surface area contributed by atoms with Crippen molar-refractivity contribution >= 4 is 6.09 Å². The number of nitrogens with zero attached hydrogens (tertiary/aromatic N) is 4. The number of carbonyl (C=O) groups is 1. The van der Waals surface area contributed by atoms with Crippen LogP contribution in [0.25, 0.3) is 0 Å². The fourth-order valence-corrected chi connectivity index (χ4v) is 4.22. The van der Waals surface area contributed by atoms with E-state index in [-0.39, 0.29) is 36.9 Å². The lowest BCUT2D eigenvalue weighted by Crippen LogP contribution is -2.51. The van der Waals surface area contributed by atoms with Gasteiger partial charge in [0.1, 0.15) is 6.07 Å². The van der Waals surface area contributed by atoms with E-state index in [1.807, 2.05) is 30.3 Å². The lowest BCUT2D eigenvalue weighted by Gasteiger charge is -2.45. The topological polar surface area (TPSA) is 127 Å². The first-order valence-electron chi connectivity index (χ1n) is 9.41. The molecule has 1 aromatic carbocycles. The van der Waals surface area contributed by atoms with E-state index in [1.54, 1.807) is 13.0 Å². The largest absolute Gasteiger partial charge is 0.450 e. The van der Waals surface area contributed by atoms with E-state index in [9.17, 15) is 20.6 Å². The number of nitriles is 3. The van der Waals surface area contributed by atoms with Crippen LogP contribution < -0.4 is 5.73 Å². The molecular weight excluding hydrogens is 366 g/mol. The summed E-state index contributed by atoms with van der Waals surface area (Å²) in [6.45, 7) is 2.52. The molecule has 146 valence electrons. The highest BCUT2D eigenvalue weighted by molar-refractivity contribution is 5.69. The smallest absolute Gasteiger partial charge is 0.410 e. The number of allylic oxidation sites excluding steroid dienone is 2. The Morgan fingerprint density at radius 3 is 2.55 bits per heavy atom. The predicted octanol–water partition coefficient (Wildman–Crippen LogP) is 2.64. The average Bonchev–Trinajstić information content (AvgIpc) is 2.75. The van der Waals surface area contributed by atoms with E-state index in [4.69, 9.17) is 10.5 Å². The van der Waals surface area contributed by atoms with Gasteiger partial charge in [-0.15, -0.1) is 0 Å². The van der Waals surface area contributed by atoms with Crippen molar-refractivity contribution in [3.63, 3.8) is 0 Å². The summed E-state index contributed by atoms with van der Waals surface area (Å²) in [5.41, 5.74) is 6.42. The van der Waals surface area contributed by atoms with Crippen molar-refractivity contribution in [3.05, 3.63) is 58.8 Å². The van der Waals surface area contributed by atoms with Crippen LogP contribution in [0.15, 0.2) is 53.3 Å². The molecule has 1 aromatic rings. The second-order valence-corrected chi connectivity index (χ2v) is 7.10. The van der Waals surface area contributed by atoms with Gasteiger partial charge in [0.25, 0.3) is 0 Å². The summed E-state index contributed by atoms with van der Waals surface area (Å²) in [7, 11) is 0. The Kier molecular flexibility index (Phi) is 5.57. The number of carbonyl (C=O) groups excluding carboxylic acids is 1. The molecule has 1 aliphatic carbocycles. The molecule has 1 heterocycles. The van der Waals surface area contributed by atoms with Gasteiger partial charge in [-0.25, -0.2) is 4.79 Å². The number of rotatable bonds is 3. The van der Waals surface area contributed by atoms with Crippen LogP contribution in [-0.2, 0) is 11.2 Å². The Labute approximate surface area is 169 Å². The highest BCUT2D eigenvalue weighted by Crippen LogP contribution is 2.50. The third-order valence-electron chi connectivity index (χ3n) is 5.66. The fourth-order valence-electron chi connectivity index (χ4n) is 4.22. The van der Waals surface area contributed by atoms with Gasteiger partial charge in [0.15, 0.2) is 5.41 Å². The zero-order valence-electron chi connectivity index (χ0n) is 16.1. The first kappa shape index (κ1) is 20.0. The minimum atomic E-state index is -1.65. The minimum absolute atomic E-state index is 0.00184. The van der Waals surface area contributed by atoms with Crippen LogP contribution in [0, 0.1) is 51.2 Å². The molecule has 0 spiro atoms. The molecule has 0 radical (unpaired) electrons. The summed E-state index contributed by atoms with van der Waals surface area (Å²) in [6.07, 6.45) is 1.74. The molecule has 1 aliphatic heterocycles. The molecule has 0 saturated heterocycles. The molecule has 2 unspecified atom stereocenters. The highest BCUT2D eigenvalue weighted by Gasteiger charge is 2.54. The molecule has 29 heavy (non-hydrogen) atoms. The number of amides is 1.